The molecule has 122 valence electrons. The molecule has 0 spiro atoms. The number of carbonyl (C=O) groups excluding carboxylic acids is 2. The third-order valence-electron chi connectivity index (χ3n) is 3.25. The molecule has 6 nitrogen and oxygen atoms in total. The molecular weight excluding hydrogens is 291 g/mol. The van der Waals surface area contributed by atoms with Crippen molar-refractivity contribution in [3.05, 3.63) is 0 Å². The second-order valence-electron chi connectivity index (χ2n) is 4.99. The summed E-state index contributed by atoms with van der Waals surface area (Å²) >= 11 is 0. The summed E-state index contributed by atoms with van der Waals surface area (Å²) in [5, 5.41) is 0. The fraction of sp³-hybridized carbons (Fsp3) is 0.833. The fourth-order valence-corrected chi connectivity index (χ4v) is 2.11. The first-order chi connectivity index (χ1) is 9.75. The zero-order chi connectivity index (χ0) is 16.0. The average molecular weight is 311 g/mol. The molecule has 9 heteroatoms. The van der Waals surface area contributed by atoms with Crippen LogP contribution in [0.4, 0.5) is 13.2 Å². The summed E-state index contributed by atoms with van der Waals surface area (Å²) in [6, 6.07) is -0.700. The van der Waals surface area contributed by atoms with Gasteiger partial charge in [0.2, 0.25) is 5.91 Å². The number of carbonyl (C=O) groups is 2. The fourth-order valence-electron chi connectivity index (χ4n) is 2.11. The Morgan fingerprint density at radius 3 is 2.57 bits per heavy atom. The molecule has 0 bridgehead atoms. The highest BCUT2D eigenvalue weighted by Gasteiger charge is 2.43. The molecule has 2 atom stereocenters. The van der Waals surface area contributed by atoms with Gasteiger partial charge in [-0.1, -0.05) is 6.42 Å². The summed E-state index contributed by atoms with van der Waals surface area (Å²) in [6.07, 6.45) is -3.82. The van der Waals surface area contributed by atoms with Crippen LogP contribution in [0.2, 0.25) is 0 Å². The van der Waals surface area contributed by atoms with E-state index in [1.54, 1.807) is 0 Å². The standard InChI is InChI=1S/C12H20F3N3O3/c13-12(14,15)11(20)21-8-4-6-18(7-8)10(19)9(17)3-1-2-5-16/h8-9H,1-7,16-17H2/t8-,9+/m1/s1. The highest BCUT2D eigenvalue weighted by Crippen LogP contribution is 2.21. The van der Waals surface area contributed by atoms with Gasteiger partial charge >= 0.3 is 12.1 Å². The lowest BCUT2D eigenvalue weighted by atomic mass is 10.1. The number of nitrogens with zero attached hydrogens (tertiary/aromatic N) is 1. The Hall–Kier alpha value is -1.35. The first-order valence-corrected chi connectivity index (χ1v) is 6.78. The van der Waals surface area contributed by atoms with Gasteiger partial charge in [0, 0.05) is 13.0 Å². The number of unbranched alkanes of at least 4 members (excludes halogenated alkanes) is 1. The van der Waals surface area contributed by atoms with Crippen molar-refractivity contribution in [3.8, 4) is 0 Å². The number of esters is 1. The molecule has 0 aromatic carbocycles. The Morgan fingerprint density at radius 1 is 1.33 bits per heavy atom. The minimum Gasteiger partial charge on any atom is -0.454 e. The van der Waals surface area contributed by atoms with Gasteiger partial charge in [-0.25, -0.2) is 4.79 Å². The van der Waals surface area contributed by atoms with Crippen molar-refractivity contribution in [1.29, 1.82) is 0 Å². The number of amides is 1. The molecule has 0 unspecified atom stereocenters. The van der Waals surface area contributed by atoms with Crippen molar-refractivity contribution in [2.45, 2.75) is 44.0 Å². The van der Waals surface area contributed by atoms with Crippen molar-refractivity contribution >= 4 is 11.9 Å². The number of hydrogen-bond acceptors (Lipinski definition) is 5. The topological polar surface area (TPSA) is 98.7 Å². The number of likely N-dealkylation sites (tertiary alicyclic amines) is 1. The largest absolute Gasteiger partial charge is 0.490 e. The zero-order valence-corrected chi connectivity index (χ0v) is 11.6. The number of halogens is 3. The van der Waals surface area contributed by atoms with Gasteiger partial charge in [-0.05, 0) is 19.4 Å². The smallest absolute Gasteiger partial charge is 0.454 e. The van der Waals surface area contributed by atoms with Crippen LogP contribution in [-0.4, -0.2) is 54.7 Å². The van der Waals surface area contributed by atoms with Crippen LogP contribution >= 0.6 is 0 Å². The molecule has 0 aromatic heterocycles. The number of rotatable bonds is 6. The molecule has 1 heterocycles. The zero-order valence-electron chi connectivity index (χ0n) is 11.6. The summed E-state index contributed by atoms with van der Waals surface area (Å²) in [7, 11) is 0. The van der Waals surface area contributed by atoms with Gasteiger partial charge in [0.1, 0.15) is 6.10 Å². The van der Waals surface area contributed by atoms with Crippen molar-refractivity contribution in [1.82, 2.24) is 4.90 Å². The van der Waals surface area contributed by atoms with Gasteiger partial charge in [-0.3, -0.25) is 4.79 Å². The summed E-state index contributed by atoms with van der Waals surface area (Å²) < 4.78 is 40.5. The van der Waals surface area contributed by atoms with E-state index in [1.807, 2.05) is 0 Å². The predicted octanol–water partition coefficient (Wildman–Crippen LogP) is 0.149. The molecule has 1 amide bonds. The van der Waals surface area contributed by atoms with Crippen LogP contribution < -0.4 is 11.5 Å². The van der Waals surface area contributed by atoms with Gasteiger partial charge in [-0.15, -0.1) is 0 Å². The van der Waals surface area contributed by atoms with Crippen LogP contribution in [0.5, 0.6) is 0 Å². The Labute approximate surface area is 120 Å². The molecule has 1 aliphatic rings. The third-order valence-corrected chi connectivity index (χ3v) is 3.25. The first kappa shape index (κ1) is 17.7. The van der Waals surface area contributed by atoms with Crippen molar-refractivity contribution in [3.63, 3.8) is 0 Å². The van der Waals surface area contributed by atoms with Crippen LogP contribution in [0.25, 0.3) is 0 Å². The number of nitrogens with two attached hydrogens (primary N) is 2. The Morgan fingerprint density at radius 2 is 2.00 bits per heavy atom. The maximum absolute atomic E-state index is 12.1. The molecule has 0 saturated carbocycles. The molecule has 0 aliphatic carbocycles. The molecule has 1 rings (SSSR count). The van der Waals surface area contributed by atoms with Gasteiger partial charge in [0.15, 0.2) is 0 Å². The molecule has 21 heavy (non-hydrogen) atoms. The number of alkyl halides is 3. The van der Waals surface area contributed by atoms with Gasteiger partial charge < -0.3 is 21.1 Å². The monoisotopic (exact) mass is 311 g/mol. The average Bonchev–Trinajstić information content (AvgIpc) is 2.85. The van der Waals surface area contributed by atoms with Gasteiger partial charge in [0.25, 0.3) is 0 Å². The van der Waals surface area contributed by atoms with Crippen LogP contribution in [0.3, 0.4) is 0 Å². The van der Waals surface area contributed by atoms with E-state index in [0.717, 1.165) is 6.42 Å². The second-order valence-corrected chi connectivity index (χ2v) is 4.99. The maximum Gasteiger partial charge on any atom is 0.490 e. The normalized spacial score (nSPS) is 20.4. The SMILES string of the molecule is NCCCC[C@H](N)C(=O)N1CC[C@@H](OC(=O)C(F)(F)F)C1. The molecule has 4 N–H and O–H groups in total. The van der Waals surface area contributed by atoms with E-state index in [0.29, 0.717) is 19.4 Å². The highest BCUT2D eigenvalue weighted by molar-refractivity contribution is 5.82. The summed E-state index contributed by atoms with van der Waals surface area (Å²) in [5.74, 6) is -2.56. The third kappa shape index (κ3) is 5.50. The quantitative estimate of drug-likeness (QED) is 0.537. The first-order valence-electron chi connectivity index (χ1n) is 6.78. The minimum absolute atomic E-state index is 0.0504. The molecule has 0 radical (unpaired) electrons. The molecule has 1 saturated heterocycles. The Balaban J connectivity index is 2.39. The van der Waals surface area contributed by atoms with Gasteiger partial charge in [0.05, 0.1) is 12.6 Å². The summed E-state index contributed by atoms with van der Waals surface area (Å²) in [4.78, 5) is 24.0. The number of ether oxygens (including phenoxy) is 1. The highest BCUT2D eigenvalue weighted by atomic mass is 19.4. The van der Waals surface area contributed by atoms with E-state index >= 15 is 0 Å². The lowest BCUT2D eigenvalue weighted by Crippen LogP contribution is -2.43. The van der Waals surface area contributed by atoms with E-state index in [9.17, 15) is 22.8 Å². The van der Waals surface area contributed by atoms with Crippen molar-refractivity contribution in [2.75, 3.05) is 19.6 Å². The van der Waals surface area contributed by atoms with Crippen LogP contribution in [0.1, 0.15) is 25.7 Å². The van der Waals surface area contributed by atoms with Crippen molar-refractivity contribution in [2.24, 2.45) is 11.5 Å². The van der Waals surface area contributed by atoms with Crippen LogP contribution in [0, 0.1) is 0 Å². The lowest BCUT2D eigenvalue weighted by Gasteiger charge is -2.21. The molecule has 1 aliphatic heterocycles. The van der Waals surface area contributed by atoms with Crippen LogP contribution in [-0.2, 0) is 14.3 Å². The molecule has 1 fully saturated rings. The summed E-state index contributed by atoms with van der Waals surface area (Å²) in [6.45, 7) is 0.699. The summed E-state index contributed by atoms with van der Waals surface area (Å²) in [5.41, 5.74) is 11.1. The Kier molecular flexibility index (Phi) is 6.41. The van der Waals surface area contributed by atoms with Crippen molar-refractivity contribution < 1.29 is 27.5 Å². The molecule has 0 aromatic rings. The lowest BCUT2D eigenvalue weighted by molar-refractivity contribution is -0.204. The minimum atomic E-state index is -5.02. The van der Waals surface area contributed by atoms with E-state index in [1.165, 1.54) is 4.90 Å². The van der Waals surface area contributed by atoms with E-state index < -0.39 is 24.3 Å². The van der Waals surface area contributed by atoms with E-state index in [4.69, 9.17) is 11.5 Å². The predicted molar refractivity (Wildman–Crippen MR) is 68.0 cm³/mol. The van der Waals surface area contributed by atoms with Crippen LogP contribution in [0.15, 0.2) is 0 Å². The second kappa shape index (κ2) is 7.60. The number of hydrogen-bond donors (Lipinski definition) is 2. The maximum atomic E-state index is 12.1. The van der Waals surface area contributed by atoms with E-state index in [-0.39, 0.29) is 25.4 Å². The molecular formula is C12H20F3N3O3. The Bertz CT molecular complexity index is 376. The van der Waals surface area contributed by atoms with Gasteiger partial charge in [-0.2, -0.15) is 13.2 Å². The van der Waals surface area contributed by atoms with E-state index in [2.05, 4.69) is 4.74 Å².